The summed E-state index contributed by atoms with van der Waals surface area (Å²) in [6.45, 7) is 4.00. The molecule has 2 heterocycles. The lowest BCUT2D eigenvalue weighted by Gasteiger charge is -2.09. The maximum absolute atomic E-state index is 12.2. The Morgan fingerprint density at radius 1 is 1.21 bits per heavy atom. The second-order valence-electron chi connectivity index (χ2n) is 4.96. The van der Waals surface area contributed by atoms with Crippen LogP contribution in [0.5, 0.6) is 5.88 Å². The standard InChI is InChI=1S/C16H14BrN3O2.C2H6/c1-20-16(21)14-11(9-18-20)8-13(19-15(14)22-2)7-10-3-5-12(17)6-4-10;1-2/h3-6,8-9H,7H2,1-2H3;1-2H3. The van der Waals surface area contributed by atoms with Gasteiger partial charge in [0.2, 0.25) is 5.88 Å². The van der Waals surface area contributed by atoms with Crippen LogP contribution < -0.4 is 10.3 Å². The molecule has 0 aliphatic rings. The topological polar surface area (TPSA) is 57.0 Å². The Morgan fingerprint density at radius 2 is 1.88 bits per heavy atom. The Hall–Kier alpha value is -2.21. The van der Waals surface area contributed by atoms with Gasteiger partial charge in [0.15, 0.2) is 0 Å². The summed E-state index contributed by atoms with van der Waals surface area (Å²) in [6.07, 6.45) is 2.32. The van der Waals surface area contributed by atoms with E-state index >= 15 is 0 Å². The van der Waals surface area contributed by atoms with Crippen molar-refractivity contribution in [3.63, 3.8) is 0 Å². The maximum atomic E-state index is 12.2. The molecule has 0 atom stereocenters. The van der Waals surface area contributed by atoms with E-state index in [1.807, 2.05) is 44.2 Å². The van der Waals surface area contributed by atoms with E-state index in [0.717, 1.165) is 21.1 Å². The fourth-order valence-corrected chi connectivity index (χ4v) is 2.59. The zero-order valence-corrected chi connectivity index (χ0v) is 15.8. The third-order valence-electron chi connectivity index (χ3n) is 3.44. The summed E-state index contributed by atoms with van der Waals surface area (Å²) in [7, 11) is 3.13. The summed E-state index contributed by atoms with van der Waals surface area (Å²) >= 11 is 3.42. The highest BCUT2D eigenvalue weighted by atomic mass is 79.9. The number of pyridine rings is 1. The molecule has 0 unspecified atom stereocenters. The summed E-state index contributed by atoms with van der Waals surface area (Å²) < 4.78 is 7.61. The van der Waals surface area contributed by atoms with Gasteiger partial charge in [0.05, 0.1) is 13.3 Å². The van der Waals surface area contributed by atoms with Gasteiger partial charge in [-0.05, 0) is 23.8 Å². The highest BCUT2D eigenvalue weighted by molar-refractivity contribution is 9.10. The summed E-state index contributed by atoms with van der Waals surface area (Å²) in [4.78, 5) is 16.7. The van der Waals surface area contributed by atoms with Crippen LogP contribution in [0.4, 0.5) is 0 Å². The molecule has 0 aliphatic heterocycles. The molecule has 0 aliphatic carbocycles. The van der Waals surface area contributed by atoms with Gasteiger partial charge < -0.3 is 4.74 Å². The minimum absolute atomic E-state index is 0.211. The van der Waals surface area contributed by atoms with Crippen LogP contribution in [0.15, 0.2) is 45.8 Å². The Labute approximate surface area is 149 Å². The molecule has 0 radical (unpaired) electrons. The monoisotopic (exact) mass is 389 g/mol. The molecule has 0 bridgehead atoms. The zero-order chi connectivity index (χ0) is 17.7. The highest BCUT2D eigenvalue weighted by Gasteiger charge is 2.12. The van der Waals surface area contributed by atoms with Crippen LogP contribution in [0.3, 0.4) is 0 Å². The van der Waals surface area contributed by atoms with E-state index in [4.69, 9.17) is 4.74 Å². The van der Waals surface area contributed by atoms with Crippen molar-refractivity contribution in [2.75, 3.05) is 7.11 Å². The lowest BCUT2D eigenvalue weighted by molar-refractivity contribution is 0.401. The second-order valence-corrected chi connectivity index (χ2v) is 5.88. The average molecular weight is 390 g/mol. The van der Waals surface area contributed by atoms with Gasteiger partial charge in [-0.1, -0.05) is 41.9 Å². The minimum Gasteiger partial charge on any atom is -0.480 e. The van der Waals surface area contributed by atoms with Crippen molar-refractivity contribution in [1.82, 2.24) is 14.8 Å². The zero-order valence-electron chi connectivity index (χ0n) is 14.2. The first-order chi connectivity index (χ1) is 11.6. The number of hydrogen-bond acceptors (Lipinski definition) is 4. The first kappa shape index (κ1) is 18.1. The molecule has 0 fully saturated rings. The number of aromatic nitrogens is 3. The Bertz CT molecular complexity index is 889. The SMILES string of the molecule is CC.COc1nc(Cc2ccc(Br)cc2)cc2cnn(C)c(=O)c12. The normalized spacial score (nSPS) is 10.2. The van der Waals surface area contributed by atoms with Gasteiger partial charge in [-0.25, -0.2) is 9.67 Å². The molecule has 0 saturated heterocycles. The summed E-state index contributed by atoms with van der Waals surface area (Å²) in [5.41, 5.74) is 1.76. The van der Waals surface area contributed by atoms with Crippen LogP contribution >= 0.6 is 15.9 Å². The van der Waals surface area contributed by atoms with Crippen LogP contribution in [-0.2, 0) is 13.5 Å². The van der Waals surface area contributed by atoms with Crippen LogP contribution in [0.1, 0.15) is 25.1 Å². The van der Waals surface area contributed by atoms with E-state index < -0.39 is 0 Å². The molecule has 6 heteroatoms. The fourth-order valence-electron chi connectivity index (χ4n) is 2.32. The Morgan fingerprint density at radius 3 is 2.50 bits per heavy atom. The number of ether oxygens (including phenoxy) is 1. The van der Waals surface area contributed by atoms with Gasteiger partial charge >= 0.3 is 0 Å². The molecule has 0 saturated carbocycles. The van der Waals surface area contributed by atoms with E-state index in [0.29, 0.717) is 17.7 Å². The molecular formula is C18H20BrN3O2. The van der Waals surface area contributed by atoms with Gasteiger partial charge in [0.1, 0.15) is 5.39 Å². The van der Waals surface area contributed by atoms with Crippen LogP contribution in [0.2, 0.25) is 0 Å². The summed E-state index contributed by atoms with van der Waals surface area (Å²) in [5, 5.41) is 5.25. The molecule has 2 aromatic heterocycles. The molecule has 0 spiro atoms. The maximum Gasteiger partial charge on any atom is 0.279 e. The molecule has 5 nitrogen and oxygen atoms in total. The number of methoxy groups -OCH3 is 1. The van der Waals surface area contributed by atoms with E-state index in [1.165, 1.54) is 11.8 Å². The molecular weight excluding hydrogens is 370 g/mol. The number of rotatable bonds is 3. The largest absolute Gasteiger partial charge is 0.480 e. The summed E-state index contributed by atoms with van der Waals surface area (Å²) in [6, 6.07) is 9.93. The van der Waals surface area contributed by atoms with Gasteiger partial charge in [-0.3, -0.25) is 4.79 Å². The molecule has 3 aromatic rings. The van der Waals surface area contributed by atoms with Gasteiger partial charge in [0, 0.05) is 29.0 Å². The average Bonchev–Trinajstić information content (AvgIpc) is 2.61. The van der Waals surface area contributed by atoms with Crippen LogP contribution in [-0.4, -0.2) is 21.9 Å². The van der Waals surface area contributed by atoms with Crippen molar-refractivity contribution < 1.29 is 4.74 Å². The van der Waals surface area contributed by atoms with Crippen molar-refractivity contribution in [3.05, 3.63) is 62.6 Å². The molecule has 0 N–H and O–H groups in total. The molecule has 1 aromatic carbocycles. The van der Waals surface area contributed by atoms with Crippen molar-refractivity contribution in [2.24, 2.45) is 7.05 Å². The number of halogens is 1. The number of nitrogens with zero attached hydrogens (tertiary/aromatic N) is 3. The first-order valence-corrected chi connectivity index (χ1v) is 8.52. The van der Waals surface area contributed by atoms with Crippen molar-refractivity contribution >= 4 is 26.7 Å². The Kier molecular flexibility index (Phi) is 6.09. The molecule has 3 rings (SSSR count). The van der Waals surface area contributed by atoms with E-state index in [9.17, 15) is 4.79 Å². The third-order valence-corrected chi connectivity index (χ3v) is 3.97. The predicted molar refractivity (Wildman–Crippen MR) is 99.6 cm³/mol. The molecule has 126 valence electrons. The number of aryl methyl sites for hydroxylation is 1. The Balaban J connectivity index is 0.00000100. The predicted octanol–water partition coefficient (Wildman–Crippen LogP) is 3.72. The highest BCUT2D eigenvalue weighted by Crippen LogP contribution is 2.22. The number of fused-ring (bicyclic) bond motifs is 1. The fraction of sp³-hybridized carbons (Fsp3) is 0.278. The van der Waals surface area contributed by atoms with E-state index in [1.54, 1.807) is 13.2 Å². The lowest BCUT2D eigenvalue weighted by Crippen LogP contribution is -2.20. The number of benzene rings is 1. The lowest BCUT2D eigenvalue weighted by atomic mass is 10.1. The quantitative estimate of drug-likeness (QED) is 0.684. The molecule has 24 heavy (non-hydrogen) atoms. The summed E-state index contributed by atoms with van der Waals surface area (Å²) in [5.74, 6) is 0.340. The number of hydrogen-bond donors (Lipinski definition) is 0. The van der Waals surface area contributed by atoms with Gasteiger partial charge in [0.25, 0.3) is 5.56 Å². The van der Waals surface area contributed by atoms with Crippen LogP contribution in [0, 0.1) is 0 Å². The smallest absolute Gasteiger partial charge is 0.279 e. The van der Waals surface area contributed by atoms with E-state index in [-0.39, 0.29) is 5.56 Å². The second kappa shape index (κ2) is 8.06. The van der Waals surface area contributed by atoms with Crippen LogP contribution in [0.25, 0.3) is 10.8 Å². The van der Waals surface area contributed by atoms with Crippen molar-refractivity contribution in [3.8, 4) is 5.88 Å². The van der Waals surface area contributed by atoms with Crippen molar-refractivity contribution in [1.29, 1.82) is 0 Å². The minimum atomic E-state index is -0.211. The van der Waals surface area contributed by atoms with E-state index in [2.05, 4.69) is 26.0 Å². The van der Waals surface area contributed by atoms with Gasteiger partial charge in [-0.15, -0.1) is 0 Å². The van der Waals surface area contributed by atoms with Crippen molar-refractivity contribution in [2.45, 2.75) is 20.3 Å². The third kappa shape index (κ3) is 3.82. The van der Waals surface area contributed by atoms with Gasteiger partial charge in [-0.2, -0.15) is 5.10 Å². The first-order valence-electron chi connectivity index (χ1n) is 7.73. The molecule has 0 amide bonds.